The molecule has 7 heteroatoms. The van der Waals surface area contributed by atoms with Crippen molar-refractivity contribution in [1.29, 1.82) is 0 Å². The molecule has 0 amide bonds. The third-order valence-corrected chi connectivity index (χ3v) is 4.85. The van der Waals surface area contributed by atoms with Gasteiger partial charge >= 0.3 is 0 Å². The van der Waals surface area contributed by atoms with Crippen LogP contribution in [-0.2, 0) is 14.8 Å². The highest BCUT2D eigenvalue weighted by molar-refractivity contribution is 7.89. The number of nitrogens with two attached hydrogens (primary N) is 1. The molecule has 1 fully saturated rings. The van der Waals surface area contributed by atoms with Crippen molar-refractivity contribution in [1.82, 2.24) is 4.72 Å². The summed E-state index contributed by atoms with van der Waals surface area (Å²) in [4.78, 5) is 0.0680. The Morgan fingerprint density at radius 1 is 1.40 bits per heavy atom. The Labute approximate surface area is 119 Å². The van der Waals surface area contributed by atoms with Gasteiger partial charge in [0.2, 0.25) is 10.0 Å². The molecule has 1 saturated heterocycles. The van der Waals surface area contributed by atoms with Crippen LogP contribution in [0, 0.1) is 5.92 Å². The Kier molecular flexibility index (Phi) is 4.85. The Morgan fingerprint density at radius 2 is 2.10 bits per heavy atom. The van der Waals surface area contributed by atoms with Gasteiger partial charge in [-0.3, -0.25) is 0 Å². The first-order valence-corrected chi connectivity index (χ1v) is 8.05. The van der Waals surface area contributed by atoms with E-state index in [-0.39, 0.29) is 10.6 Å². The average Bonchev–Trinajstić information content (AvgIpc) is 2.46. The molecular formula is C13H20N2O4S. The third kappa shape index (κ3) is 3.62. The van der Waals surface area contributed by atoms with Crippen LogP contribution < -0.4 is 15.2 Å². The molecule has 1 aromatic rings. The second kappa shape index (κ2) is 6.43. The van der Waals surface area contributed by atoms with Gasteiger partial charge in [-0.2, -0.15) is 0 Å². The van der Waals surface area contributed by atoms with Gasteiger partial charge in [0.05, 0.1) is 12.3 Å². The summed E-state index contributed by atoms with van der Waals surface area (Å²) in [5.41, 5.74) is 5.96. The summed E-state index contributed by atoms with van der Waals surface area (Å²) in [5, 5.41) is 0. The van der Waals surface area contributed by atoms with Crippen molar-refractivity contribution in [2.75, 3.05) is 32.6 Å². The van der Waals surface area contributed by atoms with Gasteiger partial charge in [-0.25, -0.2) is 13.1 Å². The molecule has 1 aliphatic rings. The molecule has 2 rings (SSSR count). The molecule has 1 aliphatic heterocycles. The second-order valence-electron chi connectivity index (χ2n) is 4.77. The fourth-order valence-corrected chi connectivity index (χ4v) is 2.93. The van der Waals surface area contributed by atoms with Crippen LogP contribution in [0.4, 0.5) is 5.69 Å². The number of anilines is 1. The maximum Gasteiger partial charge on any atom is 0.242 e. The molecule has 3 N–H and O–H groups in total. The van der Waals surface area contributed by atoms with Gasteiger partial charge in [0.25, 0.3) is 0 Å². The Hall–Kier alpha value is -1.31. The highest BCUT2D eigenvalue weighted by Gasteiger charge is 2.17. The van der Waals surface area contributed by atoms with Gasteiger partial charge in [-0.15, -0.1) is 0 Å². The van der Waals surface area contributed by atoms with Gasteiger partial charge in [0.1, 0.15) is 10.6 Å². The Bertz CT molecular complexity index is 553. The van der Waals surface area contributed by atoms with Gasteiger partial charge in [-0.1, -0.05) is 0 Å². The van der Waals surface area contributed by atoms with Crippen molar-refractivity contribution in [3.05, 3.63) is 18.2 Å². The smallest absolute Gasteiger partial charge is 0.242 e. The van der Waals surface area contributed by atoms with Crippen molar-refractivity contribution in [3.63, 3.8) is 0 Å². The molecular weight excluding hydrogens is 280 g/mol. The van der Waals surface area contributed by atoms with Crippen molar-refractivity contribution in [2.45, 2.75) is 17.7 Å². The van der Waals surface area contributed by atoms with E-state index in [1.807, 2.05) is 0 Å². The molecule has 0 radical (unpaired) electrons. The predicted molar refractivity (Wildman–Crippen MR) is 76.1 cm³/mol. The quantitative estimate of drug-likeness (QED) is 0.791. The molecule has 1 heterocycles. The molecule has 6 nitrogen and oxygen atoms in total. The lowest BCUT2D eigenvalue weighted by Gasteiger charge is -2.22. The zero-order valence-corrected chi connectivity index (χ0v) is 12.3. The molecule has 0 aromatic heterocycles. The zero-order valence-electron chi connectivity index (χ0n) is 11.5. The van der Waals surface area contributed by atoms with Crippen LogP contribution in [0.15, 0.2) is 23.1 Å². The van der Waals surface area contributed by atoms with Gasteiger partial charge < -0.3 is 15.2 Å². The summed E-state index contributed by atoms with van der Waals surface area (Å²) in [5.74, 6) is 1.06. The number of ether oxygens (including phenoxy) is 2. The van der Waals surface area contributed by atoms with E-state index in [9.17, 15) is 8.42 Å². The average molecular weight is 300 g/mol. The van der Waals surface area contributed by atoms with Crippen molar-refractivity contribution < 1.29 is 17.9 Å². The van der Waals surface area contributed by atoms with E-state index in [0.29, 0.717) is 18.3 Å². The van der Waals surface area contributed by atoms with Crippen LogP contribution in [0.25, 0.3) is 0 Å². The predicted octanol–water partition coefficient (Wildman–Crippen LogP) is 0.982. The molecule has 1 aromatic carbocycles. The highest BCUT2D eigenvalue weighted by Crippen LogP contribution is 2.25. The van der Waals surface area contributed by atoms with Crippen molar-refractivity contribution in [2.24, 2.45) is 5.92 Å². The Balaban J connectivity index is 2.02. The molecule has 0 atom stereocenters. The van der Waals surface area contributed by atoms with Crippen LogP contribution in [0.2, 0.25) is 0 Å². The number of nitrogens with one attached hydrogen (secondary N) is 1. The number of hydrogen-bond donors (Lipinski definition) is 2. The summed E-state index contributed by atoms with van der Waals surface area (Å²) in [6.45, 7) is 2.14. The summed E-state index contributed by atoms with van der Waals surface area (Å²) < 4.78 is 36.6. The molecule has 0 unspecified atom stereocenters. The van der Waals surface area contributed by atoms with Gasteiger partial charge in [0.15, 0.2) is 0 Å². The third-order valence-electron chi connectivity index (χ3n) is 3.37. The normalized spacial score (nSPS) is 17.1. The van der Waals surface area contributed by atoms with Crippen LogP contribution in [0.1, 0.15) is 12.8 Å². The van der Waals surface area contributed by atoms with E-state index in [0.717, 1.165) is 26.1 Å². The van der Waals surface area contributed by atoms with Crippen molar-refractivity contribution in [3.8, 4) is 5.75 Å². The molecule has 0 aliphatic carbocycles. The van der Waals surface area contributed by atoms with Crippen LogP contribution >= 0.6 is 0 Å². The summed E-state index contributed by atoms with van der Waals surface area (Å²) in [6.07, 6.45) is 1.98. The molecule has 112 valence electrons. The van der Waals surface area contributed by atoms with Crippen LogP contribution in [0.3, 0.4) is 0 Å². The topological polar surface area (TPSA) is 90.7 Å². The zero-order chi connectivity index (χ0) is 14.6. The molecule has 0 saturated carbocycles. The first kappa shape index (κ1) is 15.1. The summed E-state index contributed by atoms with van der Waals surface area (Å²) in [7, 11) is -2.18. The van der Waals surface area contributed by atoms with Crippen LogP contribution in [-0.4, -0.2) is 35.3 Å². The lowest BCUT2D eigenvalue weighted by molar-refractivity contribution is 0.0497. The first-order chi connectivity index (χ1) is 9.53. The van der Waals surface area contributed by atoms with Gasteiger partial charge in [0, 0.05) is 19.3 Å². The van der Waals surface area contributed by atoms with Crippen molar-refractivity contribution >= 4 is 15.7 Å². The lowest BCUT2D eigenvalue weighted by atomic mass is 10.0. The number of sulfonamides is 1. The maximum atomic E-state index is 11.7. The molecule has 0 bridgehead atoms. The minimum atomic E-state index is -3.53. The van der Waals surface area contributed by atoms with E-state index in [1.54, 1.807) is 12.1 Å². The van der Waals surface area contributed by atoms with Gasteiger partial charge in [-0.05, 0) is 37.9 Å². The maximum absolute atomic E-state index is 11.7. The SMILES string of the molecule is CNS(=O)(=O)c1ccc(OCC2CCOCC2)cc1N. The number of benzene rings is 1. The van der Waals surface area contributed by atoms with E-state index in [1.165, 1.54) is 13.1 Å². The van der Waals surface area contributed by atoms with Crippen LogP contribution in [0.5, 0.6) is 5.75 Å². The van der Waals surface area contributed by atoms with E-state index >= 15 is 0 Å². The van der Waals surface area contributed by atoms with E-state index in [4.69, 9.17) is 15.2 Å². The second-order valence-corrected chi connectivity index (χ2v) is 6.63. The molecule has 0 spiro atoms. The van der Waals surface area contributed by atoms with E-state index < -0.39 is 10.0 Å². The number of nitrogen functional groups attached to an aromatic ring is 1. The monoisotopic (exact) mass is 300 g/mol. The summed E-state index contributed by atoms with van der Waals surface area (Å²) in [6, 6.07) is 4.63. The standard InChI is InChI=1S/C13H20N2O4S/c1-15-20(16,17)13-3-2-11(8-12(13)14)19-9-10-4-6-18-7-5-10/h2-3,8,10,15H,4-7,9,14H2,1H3. The number of hydrogen-bond acceptors (Lipinski definition) is 5. The highest BCUT2D eigenvalue weighted by atomic mass is 32.2. The minimum Gasteiger partial charge on any atom is -0.493 e. The Morgan fingerprint density at radius 3 is 2.70 bits per heavy atom. The summed E-state index contributed by atoms with van der Waals surface area (Å²) >= 11 is 0. The first-order valence-electron chi connectivity index (χ1n) is 6.56. The minimum absolute atomic E-state index is 0.0680. The largest absolute Gasteiger partial charge is 0.493 e. The number of rotatable bonds is 5. The lowest BCUT2D eigenvalue weighted by Crippen LogP contribution is -2.22. The van der Waals surface area contributed by atoms with E-state index in [2.05, 4.69) is 4.72 Å². The fraction of sp³-hybridized carbons (Fsp3) is 0.538. The molecule has 20 heavy (non-hydrogen) atoms. The fourth-order valence-electron chi connectivity index (χ4n) is 2.10.